The van der Waals surface area contributed by atoms with Crippen LogP contribution in [0.15, 0.2) is 66.3 Å². The van der Waals surface area contributed by atoms with E-state index in [0.717, 1.165) is 11.3 Å². The number of anilines is 1. The van der Waals surface area contributed by atoms with Gasteiger partial charge < -0.3 is 10.1 Å². The van der Waals surface area contributed by atoms with Crippen LogP contribution in [0.4, 0.5) is 5.69 Å². The summed E-state index contributed by atoms with van der Waals surface area (Å²) in [7, 11) is 0. The van der Waals surface area contributed by atoms with Gasteiger partial charge in [-0.05, 0) is 31.2 Å². The maximum atomic E-state index is 12.3. The zero-order valence-corrected chi connectivity index (χ0v) is 17.5. The zero-order chi connectivity index (χ0) is 20.6. The van der Waals surface area contributed by atoms with Crippen LogP contribution in [-0.4, -0.2) is 33.0 Å². The number of hydrogen-bond acceptors (Lipinski definition) is 5. The molecule has 3 rings (SSSR count). The summed E-state index contributed by atoms with van der Waals surface area (Å²) in [4.78, 5) is 12.3. The van der Waals surface area contributed by atoms with E-state index in [0.29, 0.717) is 34.8 Å². The van der Waals surface area contributed by atoms with Gasteiger partial charge in [-0.1, -0.05) is 53.7 Å². The zero-order valence-electron chi connectivity index (χ0n) is 16.0. The molecule has 0 unspecified atom stereocenters. The van der Waals surface area contributed by atoms with Crippen molar-refractivity contribution in [1.82, 2.24) is 14.8 Å². The molecule has 1 amide bonds. The normalized spacial score (nSPS) is 10.6. The molecule has 6 nitrogen and oxygen atoms in total. The molecule has 0 atom stereocenters. The molecule has 1 aromatic heterocycles. The number of para-hydroxylation sites is 2. The molecule has 2 aromatic carbocycles. The van der Waals surface area contributed by atoms with E-state index in [1.54, 1.807) is 18.2 Å². The number of carbonyl (C=O) groups is 1. The number of amides is 1. The number of allylic oxidation sites excluding steroid dienone is 1. The molecule has 8 heteroatoms. The van der Waals surface area contributed by atoms with Gasteiger partial charge in [0.05, 0.1) is 28.6 Å². The molecular weight excluding hydrogens is 408 g/mol. The molecule has 1 N–H and O–H groups in total. The van der Waals surface area contributed by atoms with Gasteiger partial charge in [0, 0.05) is 6.54 Å². The Labute approximate surface area is 178 Å². The van der Waals surface area contributed by atoms with Crippen LogP contribution in [-0.2, 0) is 11.3 Å². The molecular formula is C21H21ClN4O2S. The fourth-order valence-electron chi connectivity index (χ4n) is 2.70. The van der Waals surface area contributed by atoms with E-state index in [1.807, 2.05) is 47.9 Å². The summed E-state index contributed by atoms with van der Waals surface area (Å²) >= 11 is 7.39. The second kappa shape index (κ2) is 10.1. The predicted octanol–water partition coefficient (Wildman–Crippen LogP) is 4.91. The average Bonchev–Trinajstić information content (AvgIpc) is 3.12. The molecule has 0 bridgehead atoms. The number of benzene rings is 2. The van der Waals surface area contributed by atoms with Gasteiger partial charge in [0.25, 0.3) is 0 Å². The van der Waals surface area contributed by atoms with E-state index in [4.69, 9.17) is 16.3 Å². The van der Waals surface area contributed by atoms with Crippen molar-refractivity contribution in [2.24, 2.45) is 0 Å². The van der Waals surface area contributed by atoms with Gasteiger partial charge in [-0.15, -0.1) is 16.8 Å². The molecule has 1 heterocycles. The number of nitrogens with one attached hydrogen (secondary N) is 1. The lowest BCUT2D eigenvalue weighted by Gasteiger charge is -2.11. The van der Waals surface area contributed by atoms with Crippen molar-refractivity contribution >= 4 is 35.0 Å². The third-order valence-electron chi connectivity index (χ3n) is 3.94. The van der Waals surface area contributed by atoms with Crippen LogP contribution in [0.2, 0.25) is 5.02 Å². The molecule has 0 saturated carbocycles. The summed E-state index contributed by atoms with van der Waals surface area (Å²) in [6, 6.07) is 14.8. The highest BCUT2D eigenvalue weighted by Gasteiger charge is 2.18. The first-order valence-corrected chi connectivity index (χ1v) is 10.4. The Hall–Kier alpha value is -2.77. The van der Waals surface area contributed by atoms with Crippen molar-refractivity contribution < 1.29 is 9.53 Å². The number of hydrogen-bond donors (Lipinski definition) is 1. The fourth-order valence-corrected chi connectivity index (χ4v) is 3.63. The fraction of sp³-hybridized carbons (Fsp3) is 0.190. The molecule has 150 valence electrons. The van der Waals surface area contributed by atoms with Gasteiger partial charge in [-0.25, -0.2) is 0 Å². The Morgan fingerprint density at radius 2 is 2.00 bits per heavy atom. The molecule has 0 radical (unpaired) electrons. The van der Waals surface area contributed by atoms with Gasteiger partial charge in [-0.2, -0.15) is 0 Å². The second-order valence-corrected chi connectivity index (χ2v) is 7.30. The lowest BCUT2D eigenvalue weighted by Crippen LogP contribution is -2.15. The van der Waals surface area contributed by atoms with E-state index in [2.05, 4.69) is 22.1 Å². The minimum Gasteiger partial charge on any atom is -0.493 e. The van der Waals surface area contributed by atoms with Crippen molar-refractivity contribution in [3.8, 4) is 17.1 Å². The van der Waals surface area contributed by atoms with Crippen molar-refractivity contribution in [3.05, 3.63) is 66.2 Å². The van der Waals surface area contributed by atoms with Gasteiger partial charge in [0.15, 0.2) is 11.0 Å². The molecule has 0 saturated heterocycles. The summed E-state index contributed by atoms with van der Waals surface area (Å²) in [6.45, 7) is 6.82. The van der Waals surface area contributed by atoms with Crippen molar-refractivity contribution in [2.45, 2.75) is 18.6 Å². The molecule has 0 aliphatic heterocycles. The Kier molecular flexibility index (Phi) is 7.32. The summed E-state index contributed by atoms with van der Waals surface area (Å²) in [5, 5.41) is 12.5. The number of thioether (sulfide) groups is 1. The summed E-state index contributed by atoms with van der Waals surface area (Å²) in [5.74, 6) is 1.41. The number of rotatable bonds is 9. The third kappa shape index (κ3) is 5.19. The van der Waals surface area contributed by atoms with E-state index in [1.165, 1.54) is 11.8 Å². The second-order valence-electron chi connectivity index (χ2n) is 5.95. The Bertz CT molecular complexity index is 1010. The highest BCUT2D eigenvalue weighted by Crippen LogP contribution is 2.31. The first-order chi connectivity index (χ1) is 14.1. The van der Waals surface area contributed by atoms with Crippen molar-refractivity contribution in [3.63, 3.8) is 0 Å². The number of nitrogens with zero attached hydrogens (tertiary/aromatic N) is 3. The topological polar surface area (TPSA) is 69.0 Å². The largest absolute Gasteiger partial charge is 0.493 e. The Balaban J connectivity index is 1.78. The molecule has 3 aromatic rings. The molecule has 0 aliphatic rings. The van der Waals surface area contributed by atoms with Crippen molar-refractivity contribution in [1.29, 1.82) is 0 Å². The number of halogens is 1. The quantitative estimate of drug-likeness (QED) is 0.387. The van der Waals surface area contributed by atoms with Crippen LogP contribution in [0.1, 0.15) is 6.92 Å². The first-order valence-electron chi connectivity index (χ1n) is 9.07. The lowest BCUT2D eigenvalue weighted by molar-refractivity contribution is -0.113. The average molecular weight is 429 g/mol. The van der Waals surface area contributed by atoms with Gasteiger partial charge >= 0.3 is 0 Å². The number of aromatic nitrogens is 3. The SMILES string of the molecule is C=CCn1c(SCC(=O)Nc2ccccc2Cl)nnc1-c1ccccc1OCC. The smallest absolute Gasteiger partial charge is 0.234 e. The molecule has 29 heavy (non-hydrogen) atoms. The molecule has 0 fully saturated rings. The standard InChI is InChI=1S/C21H21ClN4O2S/c1-3-13-26-20(15-9-5-8-12-18(15)28-4-2)24-25-21(26)29-14-19(27)23-17-11-7-6-10-16(17)22/h3,5-12H,1,4,13-14H2,2H3,(H,23,27). The predicted molar refractivity (Wildman–Crippen MR) is 118 cm³/mol. The third-order valence-corrected chi connectivity index (χ3v) is 5.23. The maximum Gasteiger partial charge on any atom is 0.234 e. The Morgan fingerprint density at radius 3 is 2.76 bits per heavy atom. The summed E-state index contributed by atoms with van der Waals surface area (Å²) < 4.78 is 7.63. The summed E-state index contributed by atoms with van der Waals surface area (Å²) in [6.07, 6.45) is 1.77. The van der Waals surface area contributed by atoms with Crippen LogP contribution in [0.5, 0.6) is 5.75 Å². The van der Waals surface area contributed by atoms with E-state index < -0.39 is 0 Å². The Morgan fingerprint density at radius 1 is 1.24 bits per heavy atom. The van der Waals surface area contributed by atoms with E-state index in [9.17, 15) is 4.79 Å². The van der Waals surface area contributed by atoms with Gasteiger partial charge in [0.2, 0.25) is 5.91 Å². The minimum atomic E-state index is -0.174. The minimum absolute atomic E-state index is 0.174. The van der Waals surface area contributed by atoms with Crippen LogP contribution >= 0.6 is 23.4 Å². The van der Waals surface area contributed by atoms with Gasteiger partial charge in [-0.3, -0.25) is 9.36 Å². The number of ether oxygens (including phenoxy) is 1. The van der Waals surface area contributed by atoms with Crippen LogP contribution in [0.3, 0.4) is 0 Å². The molecule has 0 spiro atoms. The van der Waals surface area contributed by atoms with E-state index in [-0.39, 0.29) is 11.7 Å². The lowest BCUT2D eigenvalue weighted by atomic mass is 10.2. The molecule has 0 aliphatic carbocycles. The number of carbonyl (C=O) groups excluding carboxylic acids is 1. The monoisotopic (exact) mass is 428 g/mol. The van der Waals surface area contributed by atoms with E-state index >= 15 is 0 Å². The first kappa shape index (κ1) is 21.0. The maximum absolute atomic E-state index is 12.3. The summed E-state index contributed by atoms with van der Waals surface area (Å²) in [5.41, 5.74) is 1.43. The van der Waals surface area contributed by atoms with Crippen LogP contribution in [0, 0.1) is 0 Å². The highest BCUT2D eigenvalue weighted by molar-refractivity contribution is 7.99. The van der Waals surface area contributed by atoms with Gasteiger partial charge in [0.1, 0.15) is 5.75 Å². The van der Waals surface area contributed by atoms with Crippen LogP contribution < -0.4 is 10.1 Å². The highest BCUT2D eigenvalue weighted by atomic mass is 35.5. The van der Waals surface area contributed by atoms with Crippen LogP contribution in [0.25, 0.3) is 11.4 Å². The van der Waals surface area contributed by atoms with Crippen molar-refractivity contribution in [2.75, 3.05) is 17.7 Å².